The SMILES string of the molecule is ClC1C=C(Cc2ccccn2)CCCC1. The van der Waals surface area contributed by atoms with E-state index < -0.39 is 0 Å². The molecule has 0 saturated heterocycles. The molecule has 1 aromatic rings. The Kier molecular flexibility index (Phi) is 3.79. The lowest BCUT2D eigenvalue weighted by Gasteiger charge is -2.05. The number of pyridine rings is 1. The lowest BCUT2D eigenvalue weighted by Crippen LogP contribution is -1.96. The topological polar surface area (TPSA) is 12.9 Å². The van der Waals surface area contributed by atoms with Crippen LogP contribution in [0.15, 0.2) is 36.0 Å². The average Bonchev–Trinajstić information content (AvgIpc) is 2.44. The van der Waals surface area contributed by atoms with Crippen molar-refractivity contribution in [3.63, 3.8) is 0 Å². The minimum Gasteiger partial charge on any atom is -0.261 e. The Balaban J connectivity index is 2.04. The first kappa shape index (κ1) is 10.7. The molecule has 80 valence electrons. The van der Waals surface area contributed by atoms with Gasteiger partial charge < -0.3 is 0 Å². The maximum atomic E-state index is 6.19. The van der Waals surface area contributed by atoms with E-state index >= 15 is 0 Å². The van der Waals surface area contributed by atoms with Gasteiger partial charge in [0, 0.05) is 18.3 Å². The molecule has 0 saturated carbocycles. The van der Waals surface area contributed by atoms with Gasteiger partial charge in [0.2, 0.25) is 0 Å². The van der Waals surface area contributed by atoms with Crippen molar-refractivity contribution in [3.8, 4) is 0 Å². The molecule has 1 nitrogen and oxygen atoms in total. The van der Waals surface area contributed by atoms with Crippen molar-refractivity contribution in [2.24, 2.45) is 0 Å². The molecule has 0 amide bonds. The van der Waals surface area contributed by atoms with E-state index in [0.29, 0.717) is 0 Å². The summed E-state index contributed by atoms with van der Waals surface area (Å²) in [5.74, 6) is 0. The van der Waals surface area contributed by atoms with Gasteiger partial charge in [-0.3, -0.25) is 4.98 Å². The molecular weight excluding hydrogens is 206 g/mol. The fourth-order valence-corrected chi connectivity index (χ4v) is 2.33. The molecule has 0 fully saturated rings. The Hall–Kier alpha value is -0.820. The van der Waals surface area contributed by atoms with E-state index in [1.807, 2.05) is 18.3 Å². The van der Waals surface area contributed by atoms with Crippen LogP contribution in [-0.2, 0) is 6.42 Å². The molecule has 1 aromatic heterocycles. The third-order valence-corrected chi connectivity index (χ3v) is 3.12. The lowest BCUT2D eigenvalue weighted by molar-refractivity contribution is 0.709. The van der Waals surface area contributed by atoms with Crippen LogP contribution >= 0.6 is 11.6 Å². The summed E-state index contributed by atoms with van der Waals surface area (Å²) in [6.45, 7) is 0. The zero-order chi connectivity index (χ0) is 10.5. The standard InChI is InChI=1S/C13H16ClN/c14-12-6-2-1-5-11(9-12)10-13-7-3-4-8-15-13/h3-4,7-9,12H,1-2,5-6,10H2. The van der Waals surface area contributed by atoms with Crippen molar-refractivity contribution in [1.82, 2.24) is 4.98 Å². The van der Waals surface area contributed by atoms with Crippen molar-refractivity contribution in [1.29, 1.82) is 0 Å². The highest BCUT2D eigenvalue weighted by molar-refractivity contribution is 6.21. The van der Waals surface area contributed by atoms with Crippen molar-refractivity contribution >= 4 is 11.6 Å². The number of nitrogens with zero attached hydrogens (tertiary/aromatic N) is 1. The summed E-state index contributed by atoms with van der Waals surface area (Å²) in [6, 6.07) is 6.07. The Bertz CT molecular complexity index is 332. The third kappa shape index (κ3) is 3.35. The molecule has 0 aliphatic heterocycles. The zero-order valence-corrected chi connectivity index (χ0v) is 9.58. The van der Waals surface area contributed by atoms with Crippen LogP contribution < -0.4 is 0 Å². The van der Waals surface area contributed by atoms with Gasteiger partial charge in [0.1, 0.15) is 0 Å². The van der Waals surface area contributed by atoms with Crippen molar-refractivity contribution in [3.05, 3.63) is 41.7 Å². The lowest BCUT2D eigenvalue weighted by atomic mass is 10.0. The third-order valence-electron chi connectivity index (χ3n) is 2.78. The Labute approximate surface area is 96.2 Å². The van der Waals surface area contributed by atoms with Crippen LogP contribution in [0.5, 0.6) is 0 Å². The summed E-state index contributed by atoms with van der Waals surface area (Å²) in [6.07, 6.45) is 9.85. The molecule has 0 aromatic carbocycles. The quantitative estimate of drug-likeness (QED) is 0.548. The molecule has 0 N–H and O–H groups in total. The number of alkyl halides is 1. The summed E-state index contributed by atoms with van der Waals surface area (Å²) in [5, 5.41) is 0.228. The fourth-order valence-electron chi connectivity index (χ4n) is 2.00. The Morgan fingerprint density at radius 2 is 2.27 bits per heavy atom. The van der Waals surface area contributed by atoms with Gasteiger partial charge in [-0.05, 0) is 31.4 Å². The summed E-state index contributed by atoms with van der Waals surface area (Å²) >= 11 is 6.19. The van der Waals surface area contributed by atoms with Gasteiger partial charge in [0.25, 0.3) is 0 Å². The monoisotopic (exact) mass is 221 g/mol. The second-order valence-electron chi connectivity index (χ2n) is 4.08. The summed E-state index contributed by atoms with van der Waals surface area (Å²) < 4.78 is 0. The Morgan fingerprint density at radius 1 is 1.33 bits per heavy atom. The molecular formula is C13H16ClN. The number of rotatable bonds is 2. The smallest absolute Gasteiger partial charge is 0.0518 e. The highest BCUT2D eigenvalue weighted by Crippen LogP contribution is 2.23. The van der Waals surface area contributed by atoms with E-state index in [2.05, 4.69) is 17.1 Å². The molecule has 1 aliphatic carbocycles. The molecule has 2 heteroatoms. The van der Waals surface area contributed by atoms with E-state index in [-0.39, 0.29) is 5.38 Å². The molecule has 2 rings (SSSR count). The van der Waals surface area contributed by atoms with Crippen molar-refractivity contribution < 1.29 is 0 Å². The predicted octanol–water partition coefficient (Wildman–Crippen LogP) is 3.73. The molecule has 15 heavy (non-hydrogen) atoms. The number of aromatic nitrogens is 1. The van der Waals surface area contributed by atoms with Crippen LogP contribution in [0, 0.1) is 0 Å². The molecule has 1 heterocycles. The van der Waals surface area contributed by atoms with E-state index in [0.717, 1.165) is 18.5 Å². The number of allylic oxidation sites excluding steroid dienone is 2. The van der Waals surface area contributed by atoms with Gasteiger partial charge in [-0.15, -0.1) is 11.6 Å². The van der Waals surface area contributed by atoms with E-state index in [4.69, 9.17) is 11.6 Å². The fraction of sp³-hybridized carbons (Fsp3) is 0.462. The highest BCUT2D eigenvalue weighted by Gasteiger charge is 2.10. The van der Waals surface area contributed by atoms with Crippen LogP contribution in [0.3, 0.4) is 0 Å². The van der Waals surface area contributed by atoms with Crippen LogP contribution in [0.4, 0.5) is 0 Å². The van der Waals surface area contributed by atoms with Gasteiger partial charge >= 0.3 is 0 Å². The predicted molar refractivity (Wildman–Crippen MR) is 64.1 cm³/mol. The maximum Gasteiger partial charge on any atom is 0.0518 e. The normalized spacial score (nSPS) is 21.9. The van der Waals surface area contributed by atoms with E-state index in [1.54, 1.807) is 0 Å². The zero-order valence-electron chi connectivity index (χ0n) is 8.82. The summed E-state index contributed by atoms with van der Waals surface area (Å²) in [5.41, 5.74) is 2.60. The number of hydrogen-bond donors (Lipinski definition) is 0. The molecule has 0 radical (unpaired) electrons. The van der Waals surface area contributed by atoms with Crippen molar-refractivity contribution in [2.75, 3.05) is 0 Å². The highest BCUT2D eigenvalue weighted by atomic mass is 35.5. The number of halogens is 1. The second kappa shape index (κ2) is 5.32. The summed E-state index contributed by atoms with van der Waals surface area (Å²) in [4.78, 5) is 4.34. The van der Waals surface area contributed by atoms with Gasteiger partial charge in [0.15, 0.2) is 0 Å². The minimum atomic E-state index is 0.228. The van der Waals surface area contributed by atoms with Crippen LogP contribution in [-0.4, -0.2) is 10.4 Å². The largest absolute Gasteiger partial charge is 0.261 e. The van der Waals surface area contributed by atoms with Crippen LogP contribution in [0.1, 0.15) is 31.4 Å². The molecule has 1 unspecified atom stereocenters. The Morgan fingerprint density at radius 3 is 3.07 bits per heavy atom. The maximum absolute atomic E-state index is 6.19. The minimum absolute atomic E-state index is 0.228. The first-order valence-corrected chi connectivity index (χ1v) is 6.02. The van der Waals surface area contributed by atoms with Gasteiger partial charge in [-0.25, -0.2) is 0 Å². The molecule has 0 bridgehead atoms. The van der Waals surface area contributed by atoms with Gasteiger partial charge in [-0.1, -0.05) is 24.1 Å². The van der Waals surface area contributed by atoms with E-state index in [1.165, 1.54) is 24.8 Å². The average molecular weight is 222 g/mol. The first-order valence-electron chi connectivity index (χ1n) is 5.58. The van der Waals surface area contributed by atoms with Crippen molar-refractivity contribution in [2.45, 2.75) is 37.5 Å². The second-order valence-corrected chi connectivity index (χ2v) is 4.65. The molecule has 1 aliphatic rings. The molecule has 1 atom stereocenters. The number of hydrogen-bond acceptors (Lipinski definition) is 1. The first-order chi connectivity index (χ1) is 7.34. The molecule has 0 spiro atoms. The van der Waals surface area contributed by atoms with Gasteiger partial charge in [0.05, 0.1) is 5.38 Å². The van der Waals surface area contributed by atoms with Crippen LogP contribution in [0.25, 0.3) is 0 Å². The summed E-state index contributed by atoms with van der Waals surface area (Å²) in [7, 11) is 0. The van der Waals surface area contributed by atoms with E-state index in [9.17, 15) is 0 Å². The van der Waals surface area contributed by atoms with Crippen LogP contribution in [0.2, 0.25) is 0 Å². The van der Waals surface area contributed by atoms with Gasteiger partial charge in [-0.2, -0.15) is 0 Å².